The van der Waals surface area contributed by atoms with Crippen molar-refractivity contribution in [2.75, 3.05) is 25.9 Å². The molecule has 78 valence electrons. The second-order valence-corrected chi connectivity index (χ2v) is 5.41. The van der Waals surface area contributed by atoms with Gasteiger partial charge in [0.25, 0.3) is 0 Å². The summed E-state index contributed by atoms with van der Waals surface area (Å²) in [5, 5.41) is 3.19. The molecule has 1 N–H and O–H groups in total. The van der Waals surface area contributed by atoms with Crippen LogP contribution in [0.2, 0.25) is 0 Å². The maximum atomic E-state index is 11.3. The zero-order chi connectivity index (χ0) is 9.90. The molecular formula is C8H18N2O2S. The molecule has 0 saturated carbocycles. The van der Waals surface area contributed by atoms with E-state index in [-0.39, 0.29) is 6.04 Å². The molecule has 5 heteroatoms. The van der Waals surface area contributed by atoms with Crippen molar-refractivity contribution in [2.45, 2.75) is 25.8 Å². The second-order valence-electron chi connectivity index (χ2n) is 3.48. The van der Waals surface area contributed by atoms with Gasteiger partial charge in [0.05, 0.1) is 6.26 Å². The van der Waals surface area contributed by atoms with E-state index in [1.807, 2.05) is 6.92 Å². The zero-order valence-electron chi connectivity index (χ0n) is 8.28. The number of likely N-dealkylation sites (N-methyl/N-ethyl adjacent to an activating group) is 1. The van der Waals surface area contributed by atoms with Gasteiger partial charge in [-0.25, -0.2) is 8.42 Å². The molecule has 0 aromatic carbocycles. The van der Waals surface area contributed by atoms with Crippen LogP contribution >= 0.6 is 0 Å². The van der Waals surface area contributed by atoms with Gasteiger partial charge in [-0.05, 0) is 19.4 Å². The van der Waals surface area contributed by atoms with Gasteiger partial charge in [-0.2, -0.15) is 4.31 Å². The third-order valence-corrected chi connectivity index (χ3v) is 3.71. The number of nitrogens with one attached hydrogen (secondary N) is 1. The normalized spacial score (nSPS) is 25.2. The third-order valence-electron chi connectivity index (χ3n) is 2.38. The molecule has 0 amide bonds. The molecule has 0 spiro atoms. The Balaban J connectivity index is 2.54. The molecule has 1 aliphatic heterocycles. The van der Waals surface area contributed by atoms with E-state index in [1.165, 1.54) is 6.26 Å². The molecule has 13 heavy (non-hydrogen) atoms. The van der Waals surface area contributed by atoms with Crippen LogP contribution in [0.25, 0.3) is 0 Å². The lowest BCUT2D eigenvalue weighted by Crippen LogP contribution is -2.40. The molecule has 1 unspecified atom stereocenters. The highest BCUT2D eigenvalue weighted by atomic mass is 32.2. The lowest BCUT2D eigenvalue weighted by molar-refractivity contribution is 0.377. The van der Waals surface area contributed by atoms with Crippen LogP contribution in [0.5, 0.6) is 0 Å². The first kappa shape index (κ1) is 10.9. The van der Waals surface area contributed by atoms with Crippen molar-refractivity contribution in [1.82, 2.24) is 9.62 Å². The van der Waals surface area contributed by atoms with Gasteiger partial charge in [0.15, 0.2) is 0 Å². The number of hydrogen-bond acceptors (Lipinski definition) is 3. The fourth-order valence-corrected chi connectivity index (χ4v) is 2.94. The van der Waals surface area contributed by atoms with Crippen molar-refractivity contribution in [2.24, 2.45) is 0 Å². The van der Waals surface area contributed by atoms with Crippen molar-refractivity contribution in [3.05, 3.63) is 0 Å². The van der Waals surface area contributed by atoms with Crippen LogP contribution in [0.1, 0.15) is 19.8 Å². The first-order valence-electron chi connectivity index (χ1n) is 4.73. The van der Waals surface area contributed by atoms with E-state index in [4.69, 9.17) is 0 Å². The lowest BCUT2D eigenvalue weighted by Gasteiger charge is -2.21. The molecule has 0 aromatic rings. The summed E-state index contributed by atoms with van der Waals surface area (Å²) in [5.74, 6) is 0. The van der Waals surface area contributed by atoms with Crippen LogP contribution in [0.15, 0.2) is 0 Å². The van der Waals surface area contributed by atoms with Gasteiger partial charge in [-0.15, -0.1) is 0 Å². The summed E-state index contributed by atoms with van der Waals surface area (Å²) >= 11 is 0. The summed E-state index contributed by atoms with van der Waals surface area (Å²) in [6, 6.07) is 0.176. The van der Waals surface area contributed by atoms with E-state index in [0.717, 1.165) is 25.9 Å². The van der Waals surface area contributed by atoms with E-state index in [1.54, 1.807) is 4.31 Å². The molecule has 0 aliphatic carbocycles. The molecule has 1 saturated heterocycles. The Morgan fingerprint density at radius 3 is 2.77 bits per heavy atom. The average Bonchev–Trinajstić information content (AvgIpc) is 2.47. The van der Waals surface area contributed by atoms with Gasteiger partial charge in [-0.3, -0.25) is 0 Å². The fraction of sp³-hybridized carbons (Fsp3) is 1.00. The first-order chi connectivity index (χ1) is 6.05. The summed E-state index contributed by atoms with van der Waals surface area (Å²) in [5.41, 5.74) is 0. The Kier molecular flexibility index (Phi) is 3.70. The molecule has 1 rings (SSSR count). The number of sulfonamides is 1. The molecule has 1 fully saturated rings. The standard InChI is InChI=1S/C8H18N2O2S/c1-3-9-7-8-5-4-6-10(8)13(2,11)12/h8-9H,3-7H2,1-2H3. The Morgan fingerprint density at radius 1 is 1.54 bits per heavy atom. The maximum absolute atomic E-state index is 11.3. The average molecular weight is 206 g/mol. The van der Waals surface area contributed by atoms with E-state index < -0.39 is 10.0 Å². The summed E-state index contributed by atoms with van der Waals surface area (Å²) < 4.78 is 24.2. The molecule has 1 aliphatic rings. The topological polar surface area (TPSA) is 49.4 Å². The van der Waals surface area contributed by atoms with Crippen LogP contribution in [0.4, 0.5) is 0 Å². The molecule has 4 nitrogen and oxygen atoms in total. The van der Waals surface area contributed by atoms with E-state index >= 15 is 0 Å². The Morgan fingerprint density at radius 2 is 2.23 bits per heavy atom. The highest BCUT2D eigenvalue weighted by Gasteiger charge is 2.30. The zero-order valence-corrected chi connectivity index (χ0v) is 9.10. The molecule has 0 bridgehead atoms. The van der Waals surface area contributed by atoms with Gasteiger partial charge in [0, 0.05) is 19.1 Å². The summed E-state index contributed by atoms with van der Waals surface area (Å²) in [7, 11) is -2.99. The van der Waals surface area contributed by atoms with E-state index in [9.17, 15) is 8.42 Å². The number of nitrogens with zero attached hydrogens (tertiary/aromatic N) is 1. The third kappa shape index (κ3) is 2.93. The first-order valence-corrected chi connectivity index (χ1v) is 6.58. The number of hydrogen-bond donors (Lipinski definition) is 1. The fourth-order valence-electron chi connectivity index (χ4n) is 1.76. The van der Waals surface area contributed by atoms with Gasteiger partial charge in [-0.1, -0.05) is 6.92 Å². The minimum absolute atomic E-state index is 0.176. The minimum atomic E-state index is -2.99. The molecule has 0 radical (unpaired) electrons. The van der Waals surface area contributed by atoms with E-state index in [0.29, 0.717) is 6.54 Å². The Bertz CT molecular complexity index is 251. The summed E-state index contributed by atoms with van der Waals surface area (Å²) in [6.45, 7) is 4.40. The minimum Gasteiger partial charge on any atom is -0.315 e. The van der Waals surface area contributed by atoms with Crippen LogP contribution in [0, 0.1) is 0 Å². The highest BCUT2D eigenvalue weighted by Crippen LogP contribution is 2.19. The molecule has 1 heterocycles. The maximum Gasteiger partial charge on any atom is 0.211 e. The quantitative estimate of drug-likeness (QED) is 0.705. The summed E-state index contributed by atoms with van der Waals surface area (Å²) in [6.07, 6.45) is 3.26. The predicted molar refractivity (Wildman–Crippen MR) is 53.1 cm³/mol. The monoisotopic (exact) mass is 206 g/mol. The molecular weight excluding hydrogens is 188 g/mol. The molecule has 1 atom stereocenters. The second kappa shape index (κ2) is 4.39. The SMILES string of the molecule is CCNCC1CCCN1S(C)(=O)=O. The van der Waals surface area contributed by atoms with Gasteiger partial charge in [0.2, 0.25) is 10.0 Å². The van der Waals surface area contributed by atoms with Gasteiger partial charge in [0.1, 0.15) is 0 Å². The van der Waals surface area contributed by atoms with Crippen molar-refractivity contribution < 1.29 is 8.42 Å². The van der Waals surface area contributed by atoms with Crippen molar-refractivity contribution in [3.63, 3.8) is 0 Å². The number of rotatable bonds is 4. The Hall–Kier alpha value is -0.130. The highest BCUT2D eigenvalue weighted by molar-refractivity contribution is 7.88. The van der Waals surface area contributed by atoms with Crippen LogP contribution in [0.3, 0.4) is 0 Å². The van der Waals surface area contributed by atoms with Crippen molar-refractivity contribution in [1.29, 1.82) is 0 Å². The Labute approximate surface area is 80.4 Å². The lowest BCUT2D eigenvalue weighted by atomic mass is 10.2. The van der Waals surface area contributed by atoms with Crippen LogP contribution in [-0.4, -0.2) is 44.7 Å². The molecule has 0 aromatic heterocycles. The van der Waals surface area contributed by atoms with E-state index in [2.05, 4.69) is 5.32 Å². The van der Waals surface area contributed by atoms with Crippen LogP contribution in [-0.2, 0) is 10.0 Å². The smallest absolute Gasteiger partial charge is 0.211 e. The van der Waals surface area contributed by atoms with Gasteiger partial charge >= 0.3 is 0 Å². The van der Waals surface area contributed by atoms with Crippen molar-refractivity contribution in [3.8, 4) is 0 Å². The van der Waals surface area contributed by atoms with Crippen molar-refractivity contribution >= 4 is 10.0 Å². The largest absolute Gasteiger partial charge is 0.315 e. The predicted octanol–water partition coefficient (Wildman–Crippen LogP) is 0.0199. The van der Waals surface area contributed by atoms with Crippen LogP contribution < -0.4 is 5.32 Å². The summed E-state index contributed by atoms with van der Waals surface area (Å²) in [4.78, 5) is 0. The van der Waals surface area contributed by atoms with Gasteiger partial charge < -0.3 is 5.32 Å².